The fourth-order valence-corrected chi connectivity index (χ4v) is 4.66. The van der Waals surface area contributed by atoms with Gasteiger partial charge in [-0.15, -0.1) is 0 Å². The summed E-state index contributed by atoms with van der Waals surface area (Å²) < 4.78 is 52.9. The van der Waals surface area contributed by atoms with E-state index < -0.39 is 17.8 Å². The first-order valence-corrected chi connectivity index (χ1v) is 13.0. The first-order chi connectivity index (χ1) is 19.2. The molecule has 6 nitrogen and oxygen atoms in total. The summed E-state index contributed by atoms with van der Waals surface area (Å²) in [5, 5.41) is 3.57. The Balaban J connectivity index is 1.31. The Kier molecular flexibility index (Phi) is 7.77. The molecule has 0 radical (unpaired) electrons. The number of halogens is 4. The molecule has 0 unspecified atom stereocenters. The Bertz CT molecular complexity index is 1500. The second-order valence-corrected chi connectivity index (χ2v) is 9.92. The van der Waals surface area contributed by atoms with Crippen LogP contribution < -0.4 is 5.32 Å². The number of aromatic amines is 1. The van der Waals surface area contributed by atoms with Crippen molar-refractivity contribution in [3.63, 3.8) is 0 Å². The van der Waals surface area contributed by atoms with Crippen molar-refractivity contribution in [2.45, 2.75) is 38.0 Å². The molecule has 0 bridgehead atoms. The van der Waals surface area contributed by atoms with Crippen molar-refractivity contribution in [2.24, 2.45) is 0 Å². The monoisotopic (exact) mass is 552 g/mol. The molecule has 1 aromatic heterocycles. The zero-order valence-corrected chi connectivity index (χ0v) is 21.5. The normalized spacial score (nSPS) is 13.3. The third kappa shape index (κ3) is 6.62. The minimum atomic E-state index is -4.54. The van der Waals surface area contributed by atoms with Crippen molar-refractivity contribution < 1.29 is 27.2 Å². The van der Waals surface area contributed by atoms with Crippen molar-refractivity contribution >= 4 is 28.5 Å². The molecule has 0 spiro atoms. The number of aromatic nitrogens is 1. The number of urea groups is 1. The SMILES string of the molecule is O=C(CN(C(=O)Nc1cccc(C(F)(F)F)c1)C1CC1)N(CCc1c[nH]c2ccccc12)Cc1ccc(F)cc1. The van der Waals surface area contributed by atoms with Gasteiger partial charge in [0, 0.05) is 41.9 Å². The zero-order valence-electron chi connectivity index (χ0n) is 21.5. The van der Waals surface area contributed by atoms with Crippen LogP contribution in [0.25, 0.3) is 10.9 Å². The van der Waals surface area contributed by atoms with Crippen molar-refractivity contribution in [1.29, 1.82) is 0 Å². The van der Waals surface area contributed by atoms with E-state index in [4.69, 9.17) is 0 Å². The number of anilines is 1. The van der Waals surface area contributed by atoms with Gasteiger partial charge in [0.1, 0.15) is 12.4 Å². The molecule has 1 aliphatic rings. The molecule has 0 atom stereocenters. The van der Waals surface area contributed by atoms with Crippen LogP contribution in [0.2, 0.25) is 0 Å². The highest BCUT2D eigenvalue weighted by Gasteiger charge is 2.35. The number of rotatable bonds is 9. The number of nitrogens with zero attached hydrogens (tertiary/aromatic N) is 2. The van der Waals surface area contributed by atoms with E-state index in [0.29, 0.717) is 25.8 Å². The third-order valence-electron chi connectivity index (χ3n) is 6.96. The first-order valence-electron chi connectivity index (χ1n) is 13.0. The molecule has 0 saturated heterocycles. The largest absolute Gasteiger partial charge is 0.416 e. The Morgan fingerprint density at radius 3 is 2.45 bits per heavy atom. The molecule has 1 fully saturated rings. The molecule has 5 rings (SSSR count). The third-order valence-corrected chi connectivity index (χ3v) is 6.96. The van der Waals surface area contributed by atoms with Gasteiger partial charge in [0.2, 0.25) is 5.91 Å². The van der Waals surface area contributed by atoms with Gasteiger partial charge in [-0.25, -0.2) is 9.18 Å². The van der Waals surface area contributed by atoms with Gasteiger partial charge in [0.05, 0.1) is 5.56 Å². The number of carbonyl (C=O) groups is 2. The average Bonchev–Trinajstić information content (AvgIpc) is 3.69. The second-order valence-electron chi connectivity index (χ2n) is 9.92. The summed E-state index contributed by atoms with van der Waals surface area (Å²) in [6, 6.07) is 17.3. The van der Waals surface area contributed by atoms with Gasteiger partial charge in [-0.05, 0) is 66.8 Å². The minimum Gasteiger partial charge on any atom is -0.361 e. The predicted molar refractivity (Wildman–Crippen MR) is 144 cm³/mol. The number of carbonyl (C=O) groups excluding carboxylic acids is 2. The standard InChI is InChI=1S/C30H28F4N4O2/c31-23-10-8-20(9-11-23)18-37(15-14-21-17-35-27-7-2-1-6-26(21)27)28(39)19-38(25-12-13-25)29(40)36-24-5-3-4-22(16-24)30(32,33)34/h1-11,16-17,25,35H,12-15,18-19H2,(H,36,40). The summed E-state index contributed by atoms with van der Waals surface area (Å²) >= 11 is 0. The number of alkyl halides is 3. The van der Waals surface area contributed by atoms with Crippen LogP contribution in [0.1, 0.15) is 29.5 Å². The summed E-state index contributed by atoms with van der Waals surface area (Å²) in [4.78, 5) is 32.9. The van der Waals surface area contributed by atoms with Crippen LogP contribution >= 0.6 is 0 Å². The van der Waals surface area contributed by atoms with E-state index in [1.807, 2.05) is 30.5 Å². The van der Waals surface area contributed by atoms with Gasteiger partial charge in [-0.3, -0.25) is 4.79 Å². The molecule has 1 saturated carbocycles. The molecular formula is C30H28F4N4O2. The maximum absolute atomic E-state index is 13.6. The minimum absolute atomic E-state index is 0.000396. The van der Waals surface area contributed by atoms with Crippen LogP contribution in [-0.4, -0.2) is 45.9 Å². The fraction of sp³-hybridized carbons (Fsp3) is 0.267. The van der Waals surface area contributed by atoms with E-state index >= 15 is 0 Å². The lowest BCUT2D eigenvalue weighted by Crippen LogP contribution is -2.45. The molecule has 3 aromatic carbocycles. The number of fused-ring (bicyclic) bond motifs is 1. The molecule has 40 heavy (non-hydrogen) atoms. The van der Waals surface area contributed by atoms with Crippen LogP contribution in [0.3, 0.4) is 0 Å². The number of hydrogen-bond donors (Lipinski definition) is 2. The van der Waals surface area contributed by atoms with Gasteiger partial charge in [0.25, 0.3) is 0 Å². The Morgan fingerprint density at radius 1 is 0.975 bits per heavy atom. The Labute approximate surface area is 228 Å². The van der Waals surface area contributed by atoms with Crippen molar-refractivity contribution in [3.8, 4) is 0 Å². The molecule has 3 amide bonds. The van der Waals surface area contributed by atoms with E-state index in [0.717, 1.165) is 34.2 Å². The van der Waals surface area contributed by atoms with Crippen LogP contribution in [0.5, 0.6) is 0 Å². The van der Waals surface area contributed by atoms with Crippen molar-refractivity contribution in [3.05, 3.63) is 102 Å². The maximum atomic E-state index is 13.6. The molecule has 208 valence electrons. The van der Waals surface area contributed by atoms with E-state index in [2.05, 4.69) is 10.3 Å². The smallest absolute Gasteiger partial charge is 0.361 e. The van der Waals surface area contributed by atoms with E-state index in [1.165, 1.54) is 29.2 Å². The maximum Gasteiger partial charge on any atom is 0.416 e. The average molecular weight is 553 g/mol. The van der Waals surface area contributed by atoms with E-state index in [9.17, 15) is 27.2 Å². The van der Waals surface area contributed by atoms with Crippen molar-refractivity contribution in [2.75, 3.05) is 18.4 Å². The van der Waals surface area contributed by atoms with Gasteiger partial charge >= 0.3 is 12.2 Å². The van der Waals surface area contributed by atoms with Crippen LogP contribution in [-0.2, 0) is 23.9 Å². The molecular weight excluding hydrogens is 524 g/mol. The van der Waals surface area contributed by atoms with Gasteiger partial charge < -0.3 is 20.1 Å². The number of benzene rings is 3. The van der Waals surface area contributed by atoms with Crippen molar-refractivity contribution in [1.82, 2.24) is 14.8 Å². The highest BCUT2D eigenvalue weighted by molar-refractivity contribution is 5.93. The topological polar surface area (TPSA) is 68.4 Å². The zero-order chi connectivity index (χ0) is 28.3. The van der Waals surface area contributed by atoms with Crippen LogP contribution in [0.15, 0.2) is 79.0 Å². The predicted octanol–water partition coefficient (Wildman–Crippen LogP) is 6.59. The number of para-hydroxylation sites is 1. The lowest BCUT2D eigenvalue weighted by atomic mass is 10.1. The number of nitrogens with one attached hydrogen (secondary N) is 2. The highest BCUT2D eigenvalue weighted by Crippen LogP contribution is 2.32. The van der Waals surface area contributed by atoms with E-state index in [1.54, 1.807) is 17.0 Å². The number of H-pyrrole nitrogens is 1. The summed E-state index contributed by atoms with van der Waals surface area (Å²) in [6.07, 6.45) is -0.674. The quantitative estimate of drug-likeness (QED) is 0.230. The number of amides is 3. The second kappa shape index (κ2) is 11.4. The van der Waals surface area contributed by atoms with Crippen LogP contribution in [0.4, 0.5) is 28.0 Å². The molecule has 2 N–H and O–H groups in total. The number of hydrogen-bond acceptors (Lipinski definition) is 2. The Morgan fingerprint density at radius 2 is 1.73 bits per heavy atom. The lowest BCUT2D eigenvalue weighted by Gasteiger charge is -2.28. The summed E-state index contributed by atoms with van der Waals surface area (Å²) in [6.45, 7) is 0.339. The summed E-state index contributed by atoms with van der Waals surface area (Å²) in [5.74, 6) is -0.693. The highest BCUT2D eigenvalue weighted by atomic mass is 19.4. The van der Waals surface area contributed by atoms with E-state index in [-0.39, 0.29) is 36.5 Å². The van der Waals surface area contributed by atoms with Gasteiger partial charge in [-0.2, -0.15) is 13.2 Å². The lowest BCUT2D eigenvalue weighted by molar-refractivity contribution is -0.137. The first kappa shape index (κ1) is 27.2. The van der Waals surface area contributed by atoms with Gasteiger partial charge in [-0.1, -0.05) is 36.4 Å². The molecule has 10 heteroatoms. The molecule has 0 aliphatic heterocycles. The van der Waals surface area contributed by atoms with Crippen LogP contribution in [0, 0.1) is 5.82 Å². The molecule has 1 aliphatic carbocycles. The fourth-order valence-electron chi connectivity index (χ4n) is 4.66. The summed E-state index contributed by atoms with van der Waals surface area (Å²) in [7, 11) is 0. The molecule has 1 heterocycles. The molecule has 4 aromatic rings. The van der Waals surface area contributed by atoms with Gasteiger partial charge in [0.15, 0.2) is 0 Å². The Hall–Kier alpha value is -4.34. The summed E-state index contributed by atoms with van der Waals surface area (Å²) in [5.41, 5.74) is 1.89.